The largest absolute Gasteiger partial charge is 0.478 e. The summed E-state index contributed by atoms with van der Waals surface area (Å²) in [4.78, 5) is 10.7. The van der Waals surface area contributed by atoms with Gasteiger partial charge in [-0.05, 0) is 42.5 Å². The van der Waals surface area contributed by atoms with E-state index >= 15 is 0 Å². The third-order valence-corrected chi connectivity index (χ3v) is 3.57. The molecule has 2 rings (SSSR count). The Morgan fingerprint density at radius 3 is 1.96 bits per heavy atom. The fraction of sp³-hybridized carbons (Fsp3) is 0.235. The first kappa shape index (κ1) is 20.5. The molecule has 0 amide bonds. The van der Waals surface area contributed by atoms with Gasteiger partial charge < -0.3 is 9.84 Å². The fourth-order valence-corrected chi connectivity index (χ4v) is 2.03. The Morgan fingerprint density at radius 1 is 0.963 bits per heavy atom. The minimum atomic E-state index is -5.64. The summed E-state index contributed by atoms with van der Waals surface area (Å²) < 4.78 is 98.8. The third kappa shape index (κ3) is 3.83. The number of carbonyl (C=O) groups is 1. The molecule has 10 heteroatoms. The van der Waals surface area contributed by atoms with Crippen LogP contribution in [-0.4, -0.2) is 22.9 Å². The number of alkyl halides is 6. The first-order chi connectivity index (χ1) is 12.3. The van der Waals surface area contributed by atoms with E-state index in [0.717, 1.165) is 24.3 Å². The lowest BCUT2D eigenvalue weighted by Crippen LogP contribution is -2.50. The average Bonchev–Trinajstić information content (AvgIpc) is 2.55. The van der Waals surface area contributed by atoms with Crippen molar-refractivity contribution in [3.8, 4) is 11.5 Å². The molecule has 0 atom stereocenters. The summed E-state index contributed by atoms with van der Waals surface area (Å²) in [5.41, 5.74) is -1.75. The van der Waals surface area contributed by atoms with Gasteiger partial charge in [-0.3, -0.25) is 0 Å². The molecule has 0 radical (unpaired) electrons. The molecule has 146 valence electrons. The van der Waals surface area contributed by atoms with Crippen LogP contribution in [0.5, 0.6) is 11.5 Å². The minimum Gasteiger partial charge on any atom is -0.478 e. The van der Waals surface area contributed by atoms with Crippen LogP contribution in [0.15, 0.2) is 42.5 Å². The molecule has 0 spiro atoms. The van der Waals surface area contributed by atoms with Crippen molar-refractivity contribution in [1.82, 2.24) is 0 Å². The van der Waals surface area contributed by atoms with E-state index in [1.54, 1.807) is 0 Å². The summed E-state index contributed by atoms with van der Waals surface area (Å²) >= 11 is 0. The van der Waals surface area contributed by atoms with Gasteiger partial charge >= 0.3 is 23.7 Å². The number of rotatable bonds is 6. The standard InChI is InChI=1S/C17H11F7O3/c1-15(19,20)17(23,24)16(21,22)10-3-5-11(6-4-10)27-13-7-2-9(14(25)26)8-12(13)18/h2-8H,1H3,(H,25,26). The quantitative estimate of drug-likeness (QED) is 0.638. The number of hydrogen-bond donors (Lipinski definition) is 1. The zero-order chi connectivity index (χ0) is 20.6. The van der Waals surface area contributed by atoms with Gasteiger partial charge in [0, 0.05) is 12.5 Å². The molecule has 0 aliphatic carbocycles. The average molecular weight is 396 g/mol. The Labute approximate surface area is 148 Å². The second kappa shape index (κ2) is 6.75. The first-order valence-corrected chi connectivity index (χ1v) is 7.22. The van der Waals surface area contributed by atoms with Crippen LogP contribution in [0.25, 0.3) is 0 Å². The summed E-state index contributed by atoms with van der Waals surface area (Å²) in [6.07, 6.45) is 0. The number of benzene rings is 2. The molecule has 3 nitrogen and oxygen atoms in total. The van der Waals surface area contributed by atoms with Crippen LogP contribution in [0.1, 0.15) is 22.8 Å². The van der Waals surface area contributed by atoms with Crippen LogP contribution in [0.2, 0.25) is 0 Å². The molecular weight excluding hydrogens is 385 g/mol. The summed E-state index contributed by atoms with van der Waals surface area (Å²) in [6.45, 7) is -0.318. The molecule has 0 aromatic heterocycles. The van der Waals surface area contributed by atoms with Gasteiger partial charge in [-0.25, -0.2) is 9.18 Å². The van der Waals surface area contributed by atoms with Gasteiger partial charge in [0.1, 0.15) is 5.75 Å². The predicted octanol–water partition coefficient (Wildman–Crippen LogP) is 5.70. The Balaban J connectivity index is 2.27. The van der Waals surface area contributed by atoms with Crippen molar-refractivity contribution in [2.45, 2.75) is 24.7 Å². The predicted molar refractivity (Wildman–Crippen MR) is 79.3 cm³/mol. The molecule has 0 saturated heterocycles. The molecule has 2 aromatic rings. The zero-order valence-electron chi connectivity index (χ0n) is 13.5. The van der Waals surface area contributed by atoms with Crippen LogP contribution >= 0.6 is 0 Å². The van der Waals surface area contributed by atoms with Crippen molar-refractivity contribution in [3.63, 3.8) is 0 Å². The molecule has 0 aliphatic rings. The number of hydrogen-bond acceptors (Lipinski definition) is 2. The summed E-state index contributed by atoms with van der Waals surface area (Å²) in [5, 5.41) is 8.73. The van der Waals surface area contributed by atoms with Gasteiger partial charge in [0.25, 0.3) is 0 Å². The monoisotopic (exact) mass is 396 g/mol. The maximum Gasteiger partial charge on any atom is 0.375 e. The van der Waals surface area contributed by atoms with Crippen LogP contribution < -0.4 is 4.74 Å². The molecule has 27 heavy (non-hydrogen) atoms. The Kier molecular flexibility index (Phi) is 5.13. The molecule has 0 heterocycles. The summed E-state index contributed by atoms with van der Waals surface area (Å²) in [5.74, 6) is -18.9. The van der Waals surface area contributed by atoms with Gasteiger partial charge in [0.2, 0.25) is 0 Å². The van der Waals surface area contributed by atoms with Crippen molar-refractivity contribution in [3.05, 3.63) is 59.4 Å². The first-order valence-electron chi connectivity index (χ1n) is 7.22. The summed E-state index contributed by atoms with van der Waals surface area (Å²) in [6, 6.07) is 5.05. The molecule has 0 aliphatic heterocycles. The van der Waals surface area contributed by atoms with E-state index in [9.17, 15) is 35.5 Å². The lowest BCUT2D eigenvalue weighted by atomic mass is 9.98. The van der Waals surface area contributed by atoms with Gasteiger partial charge in [0.05, 0.1) is 5.56 Å². The molecule has 1 N–H and O–H groups in total. The maximum atomic E-state index is 13.8. The molecule has 0 saturated carbocycles. The van der Waals surface area contributed by atoms with E-state index in [1.807, 2.05) is 0 Å². The number of halogens is 7. The van der Waals surface area contributed by atoms with Crippen molar-refractivity contribution < 1.29 is 45.4 Å². The number of carboxylic acid groups (broad SMARTS) is 1. The van der Waals surface area contributed by atoms with Gasteiger partial charge in [-0.2, -0.15) is 26.3 Å². The van der Waals surface area contributed by atoms with E-state index in [0.29, 0.717) is 18.2 Å². The van der Waals surface area contributed by atoms with Crippen LogP contribution in [0, 0.1) is 5.82 Å². The Morgan fingerprint density at radius 2 is 1.52 bits per heavy atom. The number of aromatic carboxylic acids is 1. The van der Waals surface area contributed by atoms with Crippen molar-refractivity contribution in [2.24, 2.45) is 0 Å². The van der Waals surface area contributed by atoms with E-state index in [1.165, 1.54) is 0 Å². The van der Waals surface area contributed by atoms with Crippen molar-refractivity contribution >= 4 is 5.97 Å². The van der Waals surface area contributed by atoms with Gasteiger partial charge in [0.15, 0.2) is 11.6 Å². The highest BCUT2D eigenvalue weighted by Crippen LogP contribution is 2.51. The molecule has 0 bridgehead atoms. The molecule has 2 aromatic carbocycles. The highest BCUT2D eigenvalue weighted by molar-refractivity contribution is 5.87. The number of ether oxygens (including phenoxy) is 1. The van der Waals surface area contributed by atoms with Crippen molar-refractivity contribution in [1.29, 1.82) is 0 Å². The van der Waals surface area contributed by atoms with E-state index in [-0.39, 0.29) is 18.2 Å². The second-order valence-corrected chi connectivity index (χ2v) is 5.61. The Bertz CT molecular complexity index is 843. The zero-order valence-corrected chi connectivity index (χ0v) is 13.5. The van der Waals surface area contributed by atoms with Gasteiger partial charge in [-0.15, -0.1) is 0 Å². The minimum absolute atomic E-state index is 0.261. The lowest BCUT2D eigenvalue weighted by Gasteiger charge is -2.31. The van der Waals surface area contributed by atoms with Crippen LogP contribution in [-0.2, 0) is 5.92 Å². The lowest BCUT2D eigenvalue weighted by molar-refractivity contribution is -0.308. The van der Waals surface area contributed by atoms with Crippen LogP contribution in [0.3, 0.4) is 0 Å². The second-order valence-electron chi connectivity index (χ2n) is 5.61. The molecular formula is C17H11F7O3. The Hall–Kier alpha value is -2.78. The van der Waals surface area contributed by atoms with E-state index in [4.69, 9.17) is 9.84 Å². The van der Waals surface area contributed by atoms with Crippen LogP contribution in [0.4, 0.5) is 30.7 Å². The van der Waals surface area contributed by atoms with Gasteiger partial charge in [-0.1, -0.05) is 0 Å². The maximum absolute atomic E-state index is 13.8. The fourth-order valence-electron chi connectivity index (χ4n) is 2.03. The third-order valence-electron chi connectivity index (χ3n) is 3.57. The normalized spacial score (nSPS) is 12.7. The van der Waals surface area contributed by atoms with Crippen molar-refractivity contribution in [2.75, 3.05) is 0 Å². The highest BCUT2D eigenvalue weighted by Gasteiger charge is 2.69. The van der Waals surface area contributed by atoms with E-state index in [2.05, 4.69) is 0 Å². The SMILES string of the molecule is CC(F)(F)C(F)(F)C(F)(F)c1ccc(Oc2ccc(C(=O)O)cc2F)cc1. The number of carboxylic acids is 1. The van der Waals surface area contributed by atoms with E-state index < -0.39 is 40.9 Å². The molecule has 0 fully saturated rings. The highest BCUT2D eigenvalue weighted by atomic mass is 19.3. The smallest absolute Gasteiger partial charge is 0.375 e. The summed E-state index contributed by atoms with van der Waals surface area (Å²) in [7, 11) is 0. The topological polar surface area (TPSA) is 46.5 Å². The molecule has 0 unspecified atom stereocenters.